The number of anilines is 1. The molecule has 0 fully saturated rings. The molecule has 80 valence electrons. The van der Waals surface area contributed by atoms with Gasteiger partial charge in [-0.2, -0.15) is 0 Å². The van der Waals surface area contributed by atoms with Gasteiger partial charge in [0.05, 0.1) is 0 Å². The van der Waals surface area contributed by atoms with E-state index in [2.05, 4.69) is 10.3 Å². The summed E-state index contributed by atoms with van der Waals surface area (Å²) in [4.78, 5) is 13.8. The van der Waals surface area contributed by atoms with Crippen molar-refractivity contribution >= 4 is 11.5 Å². The van der Waals surface area contributed by atoms with Gasteiger partial charge in [0.15, 0.2) is 0 Å². The Kier molecular flexibility index (Phi) is 3.79. The molecule has 5 heteroatoms. The molecule has 0 unspecified atom stereocenters. The first-order valence-corrected chi connectivity index (χ1v) is 4.58. The van der Waals surface area contributed by atoms with Crippen molar-refractivity contribution in [3.63, 3.8) is 0 Å². The molecule has 0 spiro atoms. The zero-order chi connectivity index (χ0) is 11.3. The highest BCUT2D eigenvalue weighted by atomic mass is 16.6. The Labute approximate surface area is 88.0 Å². The molecule has 0 saturated carbocycles. The number of rotatable bonds is 4. The summed E-state index contributed by atoms with van der Waals surface area (Å²) in [5.41, 5.74) is 1.61. The van der Waals surface area contributed by atoms with Crippen LogP contribution in [0.15, 0.2) is 30.0 Å². The number of hydrogen-bond acceptors (Lipinski definition) is 4. The van der Waals surface area contributed by atoms with Gasteiger partial charge in [-0.25, -0.2) is 0 Å². The van der Waals surface area contributed by atoms with E-state index in [1.165, 1.54) is 6.20 Å². The first-order chi connectivity index (χ1) is 7.11. The van der Waals surface area contributed by atoms with Crippen LogP contribution in [0.3, 0.4) is 0 Å². The number of pyridine rings is 1. The quantitative estimate of drug-likeness (QED) is 0.467. The van der Waals surface area contributed by atoms with Gasteiger partial charge >= 0.3 is 5.82 Å². The van der Waals surface area contributed by atoms with E-state index in [9.17, 15) is 10.1 Å². The van der Waals surface area contributed by atoms with Crippen molar-refractivity contribution in [3.8, 4) is 0 Å². The molecule has 1 aromatic heterocycles. The van der Waals surface area contributed by atoms with Crippen LogP contribution in [-0.2, 0) is 0 Å². The lowest BCUT2D eigenvalue weighted by atomic mass is 10.3. The molecule has 0 bridgehead atoms. The van der Waals surface area contributed by atoms with Gasteiger partial charge in [0.2, 0.25) is 0 Å². The Morgan fingerprint density at radius 1 is 1.67 bits per heavy atom. The molecule has 0 aliphatic rings. The molecule has 0 atom stereocenters. The van der Waals surface area contributed by atoms with Gasteiger partial charge in [-0.3, -0.25) is 0 Å². The lowest BCUT2D eigenvalue weighted by Crippen LogP contribution is -2.03. The predicted molar refractivity (Wildman–Crippen MR) is 58.8 cm³/mol. The summed E-state index contributed by atoms with van der Waals surface area (Å²) in [7, 11) is 0. The molecular weight excluding hydrogens is 194 g/mol. The second-order valence-electron chi connectivity index (χ2n) is 3.29. The molecule has 0 aliphatic carbocycles. The molecule has 1 aromatic rings. The maximum absolute atomic E-state index is 10.6. The Bertz CT molecular complexity index is 384. The summed E-state index contributed by atoms with van der Waals surface area (Å²) in [5, 5.41) is 13.6. The number of nitrogens with one attached hydrogen (secondary N) is 1. The molecule has 5 nitrogen and oxygen atoms in total. The fourth-order valence-electron chi connectivity index (χ4n) is 1.05. The Balaban J connectivity index is 2.76. The number of aromatic nitrogens is 1. The van der Waals surface area contributed by atoms with E-state index < -0.39 is 4.92 Å². The zero-order valence-electron chi connectivity index (χ0n) is 8.73. The van der Waals surface area contributed by atoms with Crippen molar-refractivity contribution in [2.75, 3.05) is 11.9 Å². The van der Waals surface area contributed by atoms with Crippen molar-refractivity contribution < 1.29 is 4.92 Å². The van der Waals surface area contributed by atoms with Crippen LogP contribution in [0.25, 0.3) is 0 Å². The Morgan fingerprint density at radius 2 is 2.40 bits per heavy atom. The lowest BCUT2D eigenvalue weighted by Gasteiger charge is -2.03. The molecule has 1 rings (SSSR count). The number of nitrogens with zero attached hydrogens (tertiary/aromatic N) is 2. The summed E-state index contributed by atoms with van der Waals surface area (Å²) >= 11 is 0. The third-order valence-corrected chi connectivity index (χ3v) is 1.76. The largest absolute Gasteiger partial charge is 0.386 e. The zero-order valence-corrected chi connectivity index (χ0v) is 8.73. The highest BCUT2D eigenvalue weighted by Gasteiger charge is 2.12. The van der Waals surface area contributed by atoms with E-state index in [0.717, 1.165) is 5.57 Å². The van der Waals surface area contributed by atoms with Crippen LogP contribution in [-0.4, -0.2) is 16.5 Å². The van der Waals surface area contributed by atoms with Gasteiger partial charge in [0.1, 0.15) is 11.9 Å². The van der Waals surface area contributed by atoms with Crippen LogP contribution in [0.1, 0.15) is 13.8 Å². The molecule has 1 heterocycles. The summed E-state index contributed by atoms with van der Waals surface area (Å²) in [5.74, 6) is -0.139. The van der Waals surface area contributed by atoms with E-state index in [-0.39, 0.29) is 5.82 Å². The average Bonchev–Trinajstić information content (AvgIpc) is 2.17. The number of allylic oxidation sites excluding steroid dienone is 1. The molecular formula is C10H13N3O2. The van der Waals surface area contributed by atoms with Crippen molar-refractivity contribution in [1.29, 1.82) is 0 Å². The van der Waals surface area contributed by atoms with Gasteiger partial charge in [-0.05, 0) is 35.9 Å². The summed E-state index contributed by atoms with van der Waals surface area (Å²) in [6.07, 6.45) is 3.36. The second-order valence-corrected chi connectivity index (χ2v) is 3.29. The summed E-state index contributed by atoms with van der Waals surface area (Å²) in [6.45, 7) is 4.51. The second kappa shape index (κ2) is 5.09. The maximum atomic E-state index is 10.6. The van der Waals surface area contributed by atoms with Crippen LogP contribution in [0, 0.1) is 10.1 Å². The summed E-state index contributed by atoms with van der Waals surface area (Å²) in [6, 6.07) is 3.31. The van der Waals surface area contributed by atoms with Crippen LogP contribution >= 0.6 is 0 Å². The van der Waals surface area contributed by atoms with E-state index in [4.69, 9.17) is 0 Å². The van der Waals surface area contributed by atoms with E-state index >= 15 is 0 Å². The molecule has 0 amide bonds. The smallest absolute Gasteiger partial charge is 0.375 e. The Hall–Kier alpha value is -1.91. The standard InChI is InChI=1S/C10H13N3O2/c1-8(2)5-7-11-9-4-3-6-12-10(9)13(14)15/h3-6,11H,7H2,1-2H3. The van der Waals surface area contributed by atoms with E-state index in [0.29, 0.717) is 12.2 Å². The first-order valence-electron chi connectivity index (χ1n) is 4.58. The lowest BCUT2D eigenvalue weighted by molar-refractivity contribution is -0.388. The fraction of sp³-hybridized carbons (Fsp3) is 0.300. The third-order valence-electron chi connectivity index (χ3n) is 1.76. The monoisotopic (exact) mass is 207 g/mol. The minimum absolute atomic E-state index is 0.139. The number of hydrogen-bond donors (Lipinski definition) is 1. The topological polar surface area (TPSA) is 68.1 Å². The van der Waals surface area contributed by atoms with Gasteiger partial charge < -0.3 is 15.4 Å². The maximum Gasteiger partial charge on any atom is 0.386 e. The highest BCUT2D eigenvalue weighted by Crippen LogP contribution is 2.19. The average molecular weight is 207 g/mol. The van der Waals surface area contributed by atoms with Crippen molar-refractivity contribution in [1.82, 2.24) is 4.98 Å². The van der Waals surface area contributed by atoms with Crippen LogP contribution < -0.4 is 5.32 Å². The molecule has 0 aromatic carbocycles. The first kappa shape index (κ1) is 11.2. The minimum Gasteiger partial charge on any atom is -0.375 e. The Morgan fingerprint density at radius 3 is 3.00 bits per heavy atom. The van der Waals surface area contributed by atoms with Crippen LogP contribution in [0.2, 0.25) is 0 Å². The molecule has 1 N–H and O–H groups in total. The number of nitro groups is 1. The van der Waals surface area contributed by atoms with Crippen molar-refractivity contribution in [2.45, 2.75) is 13.8 Å². The normalized spacial score (nSPS) is 9.47. The van der Waals surface area contributed by atoms with Gasteiger partial charge in [0.25, 0.3) is 0 Å². The SMILES string of the molecule is CC(C)=CCNc1cccnc1[N+](=O)[O-]. The third kappa shape index (κ3) is 3.38. The van der Waals surface area contributed by atoms with Crippen LogP contribution in [0.4, 0.5) is 11.5 Å². The van der Waals surface area contributed by atoms with Gasteiger partial charge in [-0.15, -0.1) is 0 Å². The van der Waals surface area contributed by atoms with E-state index in [1.54, 1.807) is 12.1 Å². The molecule has 0 radical (unpaired) electrons. The fourth-order valence-corrected chi connectivity index (χ4v) is 1.05. The molecule has 0 saturated heterocycles. The van der Waals surface area contributed by atoms with Crippen molar-refractivity contribution in [2.24, 2.45) is 0 Å². The van der Waals surface area contributed by atoms with E-state index in [1.807, 2.05) is 19.9 Å². The molecule has 0 aliphatic heterocycles. The highest BCUT2D eigenvalue weighted by molar-refractivity contribution is 5.56. The summed E-state index contributed by atoms with van der Waals surface area (Å²) < 4.78 is 0. The van der Waals surface area contributed by atoms with Gasteiger partial charge in [-0.1, -0.05) is 11.6 Å². The minimum atomic E-state index is -0.495. The van der Waals surface area contributed by atoms with Crippen LogP contribution in [0.5, 0.6) is 0 Å². The van der Waals surface area contributed by atoms with Crippen molar-refractivity contribution in [3.05, 3.63) is 40.1 Å². The predicted octanol–water partition coefficient (Wildman–Crippen LogP) is 2.37. The molecule has 15 heavy (non-hydrogen) atoms. The van der Waals surface area contributed by atoms with Gasteiger partial charge in [0, 0.05) is 6.54 Å².